The highest BCUT2D eigenvalue weighted by atomic mass is 16.5. The molecule has 0 aromatic heterocycles. The highest BCUT2D eigenvalue weighted by Crippen LogP contribution is 2.24. The van der Waals surface area contributed by atoms with E-state index < -0.39 is 0 Å². The van der Waals surface area contributed by atoms with Gasteiger partial charge in [-0.2, -0.15) is 0 Å². The molecule has 1 saturated heterocycles. The molecule has 18 heavy (non-hydrogen) atoms. The molecule has 0 spiro atoms. The monoisotopic (exact) mass is 258 g/mol. The number of hydrogen-bond donors (Lipinski definition) is 2. The summed E-state index contributed by atoms with van der Waals surface area (Å²) in [5.74, 6) is 0. The van der Waals surface area contributed by atoms with E-state index in [1.807, 2.05) is 0 Å². The molecule has 0 aromatic rings. The van der Waals surface area contributed by atoms with Crippen molar-refractivity contribution in [2.45, 2.75) is 64.3 Å². The van der Waals surface area contributed by atoms with Gasteiger partial charge < -0.3 is 20.1 Å². The van der Waals surface area contributed by atoms with E-state index in [0.717, 1.165) is 32.6 Å². The highest BCUT2D eigenvalue weighted by Gasteiger charge is 2.36. The zero-order chi connectivity index (χ0) is 13.6. The van der Waals surface area contributed by atoms with Crippen LogP contribution in [0.5, 0.6) is 0 Å². The van der Waals surface area contributed by atoms with Gasteiger partial charge in [-0.25, -0.2) is 0 Å². The van der Waals surface area contributed by atoms with Crippen LogP contribution >= 0.6 is 0 Å². The van der Waals surface area contributed by atoms with E-state index in [1.54, 1.807) is 7.11 Å². The van der Waals surface area contributed by atoms with Gasteiger partial charge in [-0.1, -0.05) is 13.8 Å². The summed E-state index contributed by atoms with van der Waals surface area (Å²) in [6, 6.07) is 1.02. The van der Waals surface area contributed by atoms with E-state index in [1.165, 1.54) is 0 Å². The van der Waals surface area contributed by atoms with E-state index >= 15 is 0 Å². The van der Waals surface area contributed by atoms with Crippen LogP contribution in [0.3, 0.4) is 0 Å². The molecule has 4 heteroatoms. The first kappa shape index (κ1) is 15.9. The molecule has 2 unspecified atom stereocenters. The summed E-state index contributed by atoms with van der Waals surface area (Å²) in [6.07, 6.45) is 2.42. The molecule has 0 aliphatic carbocycles. The lowest BCUT2D eigenvalue weighted by Gasteiger charge is -2.32. The van der Waals surface area contributed by atoms with Gasteiger partial charge in [-0.15, -0.1) is 0 Å². The number of rotatable bonds is 8. The van der Waals surface area contributed by atoms with E-state index in [2.05, 4.69) is 38.3 Å². The standard InChI is InChI=1S/C14H30N2O2/c1-11(2)16-12-9-13(18-10-12)14(3,4)15-7-6-8-17-5/h11-13,15-16H,6-10H2,1-5H3. The van der Waals surface area contributed by atoms with Crippen LogP contribution < -0.4 is 10.6 Å². The highest BCUT2D eigenvalue weighted by molar-refractivity contribution is 4.94. The maximum Gasteiger partial charge on any atom is 0.0767 e. The predicted molar refractivity (Wildman–Crippen MR) is 75.0 cm³/mol. The van der Waals surface area contributed by atoms with Crippen molar-refractivity contribution in [1.29, 1.82) is 0 Å². The zero-order valence-corrected chi connectivity index (χ0v) is 12.6. The van der Waals surface area contributed by atoms with Crippen LogP contribution in [-0.2, 0) is 9.47 Å². The van der Waals surface area contributed by atoms with Gasteiger partial charge in [0.1, 0.15) is 0 Å². The van der Waals surface area contributed by atoms with E-state index in [-0.39, 0.29) is 11.6 Å². The zero-order valence-electron chi connectivity index (χ0n) is 12.6. The third-order valence-corrected chi connectivity index (χ3v) is 3.48. The fourth-order valence-electron chi connectivity index (χ4n) is 2.46. The smallest absolute Gasteiger partial charge is 0.0767 e. The topological polar surface area (TPSA) is 42.5 Å². The van der Waals surface area contributed by atoms with Crippen molar-refractivity contribution in [1.82, 2.24) is 10.6 Å². The first-order chi connectivity index (χ1) is 8.45. The molecule has 1 fully saturated rings. The van der Waals surface area contributed by atoms with Gasteiger partial charge in [0.15, 0.2) is 0 Å². The van der Waals surface area contributed by atoms with E-state index in [0.29, 0.717) is 12.1 Å². The summed E-state index contributed by atoms with van der Waals surface area (Å²) in [6.45, 7) is 11.4. The fraction of sp³-hybridized carbons (Fsp3) is 1.00. The molecular weight excluding hydrogens is 228 g/mol. The minimum absolute atomic E-state index is 0.0289. The molecule has 4 nitrogen and oxygen atoms in total. The molecule has 0 bridgehead atoms. The average Bonchev–Trinajstić information content (AvgIpc) is 2.73. The van der Waals surface area contributed by atoms with Crippen molar-refractivity contribution < 1.29 is 9.47 Å². The van der Waals surface area contributed by atoms with Crippen molar-refractivity contribution in [3.63, 3.8) is 0 Å². The molecule has 1 aliphatic heterocycles. The number of hydrogen-bond acceptors (Lipinski definition) is 4. The normalized spacial score (nSPS) is 25.0. The van der Waals surface area contributed by atoms with Crippen LogP contribution in [0.4, 0.5) is 0 Å². The lowest BCUT2D eigenvalue weighted by Crippen LogP contribution is -2.50. The first-order valence-corrected chi connectivity index (χ1v) is 7.07. The fourth-order valence-corrected chi connectivity index (χ4v) is 2.46. The van der Waals surface area contributed by atoms with Crippen molar-refractivity contribution in [3.8, 4) is 0 Å². The van der Waals surface area contributed by atoms with Crippen molar-refractivity contribution in [2.24, 2.45) is 0 Å². The third-order valence-electron chi connectivity index (χ3n) is 3.48. The molecule has 0 saturated carbocycles. The van der Waals surface area contributed by atoms with Crippen LogP contribution in [-0.4, -0.2) is 50.6 Å². The molecule has 0 amide bonds. The van der Waals surface area contributed by atoms with Gasteiger partial charge >= 0.3 is 0 Å². The minimum atomic E-state index is 0.0289. The maximum absolute atomic E-state index is 5.93. The maximum atomic E-state index is 5.93. The second kappa shape index (κ2) is 7.43. The molecular formula is C14H30N2O2. The lowest BCUT2D eigenvalue weighted by atomic mass is 9.93. The molecule has 1 rings (SSSR count). The van der Waals surface area contributed by atoms with Gasteiger partial charge in [0.25, 0.3) is 0 Å². The number of nitrogens with one attached hydrogen (secondary N) is 2. The van der Waals surface area contributed by atoms with Gasteiger partial charge in [0.2, 0.25) is 0 Å². The third kappa shape index (κ3) is 5.22. The van der Waals surface area contributed by atoms with Crippen molar-refractivity contribution in [2.75, 3.05) is 26.9 Å². The van der Waals surface area contributed by atoms with Crippen LogP contribution in [0.15, 0.2) is 0 Å². The van der Waals surface area contributed by atoms with Gasteiger partial charge in [-0.3, -0.25) is 0 Å². The Bertz CT molecular complexity index is 232. The number of methoxy groups -OCH3 is 1. The predicted octanol–water partition coefficient (Wildman–Crippen LogP) is 1.55. The average molecular weight is 258 g/mol. The Balaban J connectivity index is 2.30. The van der Waals surface area contributed by atoms with Crippen molar-refractivity contribution in [3.05, 3.63) is 0 Å². The van der Waals surface area contributed by atoms with E-state index in [9.17, 15) is 0 Å². The van der Waals surface area contributed by atoms with Crippen LogP contribution in [0.25, 0.3) is 0 Å². The summed E-state index contributed by atoms with van der Waals surface area (Å²) in [4.78, 5) is 0. The van der Waals surface area contributed by atoms with Crippen LogP contribution in [0.2, 0.25) is 0 Å². The Morgan fingerprint density at radius 2 is 2.11 bits per heavy atom. The molecule has 1 heterocycles. The van der Waals surface area contributed by atoms with Gasteiger partial charge in [-0.05, 0) is 33.2 Å². The summed E-state index contributed by atoms with van der Waals surface area (Å²) >= 11 is 0. The Hall–Kier alpha value is -0.160. The molecule has 1 aliphatic rings. The molecule has 2 N–H and O–H groups in total. The van der Waals surface area contributed by atoms with Crippen LogP contribution in [0, 0.1) is 0 Å². The SMILES string of the molecule is COCCCNC(C)(C)C1CC(NC(C)C)CO1. The Morgan fingerprint density at radius 1 is 1.39 bits per heavy atom. The van der Waals surface area contributed by atoms with Crippen molar-refractivity contribution >= 4 is 0 Å². The Kier molecular flexibility index (Phi) is 6.57. The molecule has 2 atom stereocenters. The lowest BCUT2D eigenvalue weighted by molar-refractivity contribution is 0.0419. The largest absolute Gasteiger partial charge is 0.385 e. The Morgan fingerprint density at radius 3 is 2.72 bits per heavy atom. The molecule has 0 aromatic carbocycles. The minimum Gasteiger partial charge on any atom is -0.385 e. The molecule has 0 radical (unpaired) electrons. The number of ether oxygens (including phenoxy) is 2. The first-order valence-electron chi connectivity index (χ1n) is 7.07. The Labute approximate surface area is 112 Å². The summed E-state index contributed by atoms with van der Waals surface area (Å²) in [5.41, 5.74) is 0.0289. The summed E-state index contributed by atoms with van der Waals surface area (Å²) < 4.78 is 11.0. The second-order valence-electron chi connectivity index (χ2n) is 6.07. The molecule has 108 valence electrons. The van der Waals surface area contributed by atoms with Gasteiger partial charge in [0.05, 0.1) is 12.7 Å². The van der Waals surface area contributed by atoms with Crippen LogP contribution in [0.1, 0.15) is 40.5 Å². The summed E-state index contributed by atoms with van der Waals surface area (Å²) in [7, 11) is 1.74. The second-order valence-corrected chi connectivity index (χ2v) is 6.07. The van der Waals surface area contributed by atoms with E-state index in [4.69, 9.17) is 9.47 Å². The van der Waals surface area contributed by atoms with Gasteiger partial charge in [0, 0.05) is 31.3 Å². The summed E-state index contributed by atoms with van der Waals surface area (Å²) in [5, 5.41) is 7.12. The quantitative estimate of drug-likeness (QED) is 0.648.